The van der Waals surface area contributed by atoms with Gasteiger partial charge in [-0.3, -0.25) is 24.6 Å². The molecule has 0 aromatic heterocycles. The van der Waals surface area contributed by atoms with Crippen molar-refractivity contribution >= 4 is 41.3 Å². The molecule has 2 N–H and O–H groups in total. The number of nitro benzene ring substituents is 1. The summed E-state index contributed by atoms with van der Waals surface area (Å²) in [7, 11) is 1.97. The second-order valence-electron chi connectivity index (χ2n) is 11.1. The standard InChI is InChI=1S/C27H33N5O9S/c1-15(33)22-19-12-21(23(26(36)37)31(19)25(22)35)42-18-11-20(24(34)29-9-7-28(2)8-10-29)30(13-18)27(38)41-14-16-3-5-17(6-4-16)32(39)40/h3-6,15,18-20,22,33H,7-14H2,1-2H3,(H,36,37)/t15-,18+,19-,20+,22-/m1/s1. The molecule has 5 rings (SSSR count). The van der Waals surface area contributed by atoms with Gasteiger partial charge in [-0.05, 0) is 38.1 Å². The Balaban J connectivity index is 1.32. The molecular formula is C27H33N5O9S. The summed E-state index contributed by atoms with van der Waals surface area (Å²) in [6.45, 7) is 3.93. The van der Waals surface area contributed by atoms with Gasteiger partial charge in [0.25, 0.3) is 5.69 Å². The molecule has 14 nitrogen and oxygen atoms in total. The molecule has 226 valence electrons. The lowest BCUT2D eigenvalue weighted by molar-refractivity contribution is -0.384. The van der Waals surface area contributed by atoms with Gasteiger partial charge in [-0.1, -0.05) is 0 Å². The summed E-state index contributed by atoms with van der Waals surface area (Å²) in [6, 6.07) is 4.37. The second-order valence-corrected chi connectivity index (χ2v) is 12.5. The number of nitro groups is 1. The molecule has 42 heavy (non-hydrogen) atoms. The fourth-order valence-corrected chi connectivity index (χ4v) is 7.52. The summed E-state index contributed by atoms with van der Waals surface area (Å²) in [6.07, 6.45) is -1.06. The van der Waals surface area contributed by atoms with Gasteiger partial charge in [0.2, 0.25) is 11.8 Å². The third-order valence-electron chi connectivity index (χ3n) is 8.31. The lowest BCUT2D eigenvalue weighted by Gasteiger charge is -2.44. The lowest BCUT2D eigenvalue weighted by Crippen LogP contribution is -2.61. The predicted molar refractivity (Wildman–Crippen MR) is 149 cm³/mol. The van der Waals surface area contributed by atoms with Crippen molar-refractivity contribution in [3.63, 3.8) is 0 Å². The van der Waals surface area contributed by atoms with Gasteiger partial charge >= 0.3 is 12.1 Å². The Labute approximate surface area is 246 Å². The molecule has 3 amide bonds. The van der Waals surface area contributed by atoms with E-state index < -0.39 is 47.0 Å². The third-order valence-corrected chi connectivity index (χ3v) is 9.63. The van der Waals surface area contributed by atoms with E-state index >= 15 is 0 Å². The predicted octanol–water partition coefficient (Wildman–Crippen LogP) is 1.09. The van der Waals surface area contributed by atoms with Crippen LogP contribution >= 0.6 is 11.8 Å². The fraction of sp³-hybridized carbons (Fsp3) is 0.556. The highest BCUT2D eigenvalue weighted by molar-refractivity contribution is 8.03. The Morgan fingerprint density at radius 2 is 1.83 bits per heavy atom. The Hall–Kier alpha value is -3.69. The SMILES string of the molecule is C[C@@H](O)[C@H]1C(=O)N2C(C(=O)O)=C(S[C@H]3C[C@@H](C(=O)N4CCN(C)CC4)N(C(=O)OCc4ccc([N+](=O)[O-])cc4)C3)C[C@H]12. The molecule has 0 aliphatic carbocycles. The number of aliphatic hydroxyl groups excluding tert-OH is 1. The van der Waals surface area contributed by atoms with E-state index in [4.69, 9.17) is 4.74 Å². The van der Waals surface area contributed by atoms with Gasteiger partial charge in [0.15, 0.2) is 0 Å². The van der Waals surface area contributed by atoms with Crippen molar-refractivity contribution in [1.82, 2.24) is 19.6 Å². The van der Waals surface area contributed by atoms with Crippen molar-refractivity contribution in [2.24, 2.45) is 5.92 Å². The van der Waals surface area contributed by atoms with Crippen molar-refractivity contribution in [3.05, 3.63) is 50.5 Å². The maximum Gasteiger partial charge on any atom is 0.410 e. The zero-order valence-electron chi connectivity index (χ0n) is 23.2. The number of fused-ring (bicyclic) bond motifs is 1. The molecule has 3 saturated heterocycles. The molecular weight excluding hydrogens is 570 g/mol. The number of thioether (sulfide) groups is 1. The van der Waals surface area contributed by atoms with Crippen molar-refractivity contribution in [2.45, 2.75) is 49.8 Å². The van der Waals surface area contributed by atoms with Crippen LogP contribution in [0.1, 0.15) is 25.3 Å². The molecule has 1 aromatic carbocycles. The number of likely N-dealkylation sites (tertiary alicyclic amines) is 1. The van der Waals surface area contributed by atoms with Gasteiger partial charge in [0.1, 0.15) is 18.3 Å². The number of non-ortho nitro benzene ring substituents is 1. The molecule has 0 spiro atoms. The number of carbonyl (C=O) groups excluding carboxylic acids is 3. The minimum absolute atomic E-state index is 0.0875. The first-order chi connectivity index (χ1) is 20.0. The number of rotatable bonds is 8. The van der Waals surface area contributed by atoms with E-state index in [2.05, 4.69) is 4.90 Å². The maximum absolute atomic E-state index is 13.6. The van der Waals surface area contributed by atoms with E-state index in [-0.39, 0.29) is 48.5 Å². The lowest BCUT2D eigenvalue weighted by atomic mass is 9.83. The van der Waals surface area contributed by atoms with Crippen LogP contribution in [-0.4, -0.2) is 122 Å². The summed E-state index contributed by atoms with van der Waals surface area (Å²) in [4.78, 5) is 69.0. The zero-order chi connectivity index (χ0) is 30.3. The smallest absolute Gasteiger partial charge is 0.410 e. The zero-order valence-corrected chi connectivity index (χ0v) is 24.1. The minimum Gasteiger partial charge on any atom is -0.477 e. The summed E-state index contributed by atoms with van der Waals surface area (Å²) in [5, 5.41) is 30.5. The molecule has 3 fully saturated rings. The number of benzene rings is 1. The highest BCUT2D eigenvalue weighted by Crippen LogP contribution is 2.49. The highest BCUT2D eigenvalue weighted by Gasteiger charge is 2.57. The first kappa shape index (κ1) is 29.8. The Bertz CT molecular complexity index is 1310. The number of carboxylic acid groups (broad SMARTS) is 1. The van der Waals surface area contributed by atoms with E-state index in [9.17, 15) is 39.5 Å². The number of carbonyl (C=O) groups is 4. The quantitative estimate of drug-likeness (QED) is 0.247. The van der Waals surface area contributed by atoms with E-state index in [1.807, 2.05) is 7.05 Å². The number of ether oxygens (including phenoxy) is 1. The molecule has 0 radical (unpaired) electrons. The average Bonchev–Trinajstić information content (AvgIpc) is 3.51. The monoisotopic (exact) mass is 603 g/mol. The van der Waals surface area contributed by atoms with Gasteiger partial charge in [0.05, 0.1) is 23.0 Å². The van der Waals surface area contributed by atoms with Crippen molar-refractivity contribution in [2.75, 3.05) is 39.8 Å². The third kappa shape index (κ3) is 5.68. The molecule has 0 saturated carbocycles. The maximum atomic E-state index is 13.6. The number of hydrogen-bond acceptors (Lipinski definition) is 10. The van der Waals surface area contributed by atoms with Crippen molar-refractivity contribution in [3.8, 4) is 0 Å². The number of carboxylic acids is 1. The molecule has 15 heteroatoms. The van der Waals surface area contributed by atoms with Crippen molar-refractivity contribution < 1.29 is 39.1 Å². The van der Waals surface area contributed by atoms with Gasteiger partial charge in [-0.25, -0.2) is 9.59 Å². The Morgan fingerprint density at radius 3 is 2.43 bits per heavy atom. The molecule has 5 atom stereocenters. The number of hydrogen-bond donors (Lipinski definition) is 2. The summed E-state index contributed by atoms with van der Waals surface area (Å²) >= 11 is 1.25. The first-order valence-corrected chi connectivity index (χ1v) is 14.6. The molecule has 4 heterocycles. The molecule has 4 aliphatic heterocycles. The van der Waals surface area contributed by atoms with Crippen LogP contribution in [0.25, 0.3) is 0 Å². The van der Waals surface area contributed by atoms with Crippen LogP contribution in [0.2, 0.25) is 0 Å². The molecule has 4 aliphatic rings. The fourth-order valence-electron chi connectivity index (χ4n) is 6.04. The normalized spacial score (nSPS) is 26.6. The van der Waals surface area contributed by atoms with E-state index in [0.717, 1.165) is 0 Å². The van der Waals surface area contributed by atoms with Gasteiger partial charge in [0, 0.05) is 61.4 Å². The Kier molecular flexibility index (Phi) is 8.44. The average molecular weight is 604 g/mol. The van der Waals surface area contributed by atoms with Crippen molar-refractivity contribution in [1.29, 1.82) is 0 Å². The van der Waals surface area contributed by atoms with Crippen LogP contribution in [-0.2, 0) is 25.7 Å². The number of likely N-dealkylation sites (N-methyl/N-ethyl adjacent to an activating group) is 1. The van der Waals surface area contributed by atoms with Gasteiger partial charge in [-0.15, -0.1) is 11.8 Å². The number of aliphatic carboxylic acids is 1. The van der Waals surface area contributed by atoms with Crippen LogP contribution in [0.4, 0.5) is 10.5 Å². The number of β-lactam (4-membered cyclic amide) rings is 1. The van der Waals surface area contributed by atoms with Crippen LogP contribution in [0.3, 0.4) is 0 Å². The highest BCUT2D eigenvalue weighted by atomic mass is 32.2. The van der Waals surface area contributed by atoms with Crippen LogP contribution in [0, 0.1) is 16.0 Å². The largest absolute Gasteiger partial charge is 0.477 e. The van der Waals surface area contributed by atoms with E-state index in [1.165, 1.54) is 52.8 Å². The number of amides is 3. The number of piperazine rings is 1. The molecule has 0 bridgehead atoms. The summed E-state index contributed by atoms with van der Waals surface area (Å²) in [5.41, 5.74) is 0.355. The van der Waals surface area contributed by atoms with Gasteiger partial charge in [-0.2, -0.15) is 0 Å². The number of aliphatic hydroxyl groups is 1. The Morgan fingerprint density at radius 1 is 1.17 bits per heavy atom. The van der Waals surface area contributed by atoms with Crippen LogP contribution < -0.4 is 0 Å². The molecule has 1 aromatic rings. The van der Waals surface area contributed by atoms with Gasteiger partial charge < -0.3 is 29.6 Å². The van der Waals surface area contributed by atoms with Crippen LogP contribution in [0.15, 0.2) is 34.9 Å². The number of nitrogens with zero attached hydrogens (tertiary/aromatic N) is 5. The summed E-state index contributed by atoms with van der Waals surface area (Å²) < 4.78 is 5.52. The first-order valence-electron chi connectivity index (χ1n) is 13.7. The van der Waals surface area contributed by atoms with E-state index in [0.29, 0.717) is 36.6 Å². The summed E-state index contributed by atoms with van der Waals surface area (Å²) in [5.74, 6) is -2.53. The topological polar surface area (TPSA) is 174 Å². The second kappa shape index (κ2) is 11.9. The minimum atomic E-state index is -1.24. The molecule has 0 unspecified atom stereocenters. The van der Waals surface area contributed by atoms with E-state index in [1.54, 1.807) is 4.90 Å². The van der Waals surface area contributed by atoms with Crippen LogP contribution in [0.5, 0.6) is 0 Å².